The van der Waals surface area contributed by atoms with Gasteiger partial charge < -0.3 is 0 Å². The minimum Gasteiger partial charge on any atom is -0.207 e. The highest BCUT2D eigenvalue weighted by Gasteiger charge is 2.17. The Balaban J connectivity index is 2.43. The Morgan fingerprint density at radius 3 is 2.53 bits per heavy atom. The number of alkyl halides is 1. The molecule has 1 heterocycles. The molecule has 0 aliphatic heterocycles. The van der Waals surface area contributed by atoms with E-state index in [1.54, 1.807) is 24.3 Å². The maximum Gasteiger partial charge on any atom is 0.130 e. The zero-order valence-corrected chi connectivity index (χ0v) is 13.4. The van der Waals surface area contributed by atoms with Crippen LogP contribution in [0.2, 0.25) is 0 Å². The van der Waals surface area contributed by atoms with E-state index in [0.29, 0.717) is 11.1 Å². The lowest BCUT2D eigenvalue weighted by Crippen LogP contribution is -1.98. The van der Waals surface area contributed by atoms with Crippen molar-refractivity contribution in [1.29, 1.82) is 0 Å². The predicted molar refractivity (Wildman–Crippen MR) is 78.9 cm³/mol. The summed E-state index contributed by atoms with van der Waals surface area (Å²) in [6.45, 7) is 1.63. The second-order valence-corrected chi connectivity index (χ2v) is 7.39. The standard InChI is InChI=1S/C12H8BrF2IS/c1-6-2-8(10(15)4-9(6)14)12(13)7-3-11(16)17-5-7/h2-5,12H,1H3. The van der Waals surface area contributed by atoms with E-state index in [1.165, 1.54) is 0 Å². The molecule has 0 aliphatic rings. The number of hydrogen-bond donors (Lipinski definition) is 0. The zero-order chi connectivity index (χ0) is 12.6. The van der Waals surface area contributed by atoms with Gasteiger partial charge in [-0.05, 0) is 58.2 Å². The van der Waals surface area contributed by atoms with Gasteiger partial charge in [0.05, 0.1) is 7.71 Å². The lowest BCUT2D eigenvalue weighted by atomic mass is 10.0. The fraction of sp³-hybridized carbons (Fsp3) is 0.167. The SMILES string of the molecule is Cc1cc(C(Br)c2csc(I)c2)c(F)cc1F. The molecule has 1 atom stereocenters. The van der Waals surface area contributed by atoms with E-state index >= 15 is 0 Å². The fourth-order valence-electron chi connectivity index (χ4n) is 1.51. The van der Waals surface area contributed by atoms with E-state index in [9.17, 15) is 8.78 Å². The van der Waals surface area contributed by atoms with Crippen LogP contribution in [0.3, 0.4) is 0 Å². The van der Waals surface area contributed by atoms with Gasteiger partial charge in [0.25, 0.3) is 0 Å². The maximum atomic E-state index is 13.7. The van der Waals surface area contributed by atoms with Gasteiger partial charge in [0.2, 0.25) is 0 Å². The van der Waals surface area contributed by atoms with E-state index in [-0.39, 0.29) is 4.83 Å². The topological polar surface area (TPSA) is 0 Å². The molecule has 0 saturated carbocycles. The lowest BCUT2D eigenvalue weighted by Gasteiger charge is -2.11. The van der Waals surface area contributed by atoms with Crippen LogP contribution in [-0.4, -0.2) is 0 Å². The molecule has 0 fully saturated rings. The summed E-state index contributed by atoms with van der Waals surface area (Å²) < 4.78 is 28.0. The molecule has 2 rings (SSSR count). The smallest absolute Gasteiger partial charge is 0.130 e. The van der Waals surface area contributed by atoms with Crippen LogP contribution in [0.1, 0.15) is 21.5 Å². The van der Waals surface area contributed by atoms with Crippen molar-refractivity contribution < 1.29 is 8.78 Å². The minimum absolute atomic E-state index is 0.235. The van der Waals surface area contributed by atoms with Gasteiger partial charge in [-0.2, -0.15) is 0 Å². The summed E-state index contributed by atoms with van der Waals surface area (Å²) in [6.07, 6.45) is 0. The molecule has 0 radical (unpaired) electrons. The summed E-state index contributed by atoms with van der Waals surface area (Å²) in [6, 6.07) is 4.48. The normalized spacial score (nSPS) is 12.8. The Morgan fingerprint density at radius 1 is 1.24 bits per heavy atom. The Morgan fingerprint density at radius 2 is 1.94 bits per heavy atom. The molecular weight excluding hydrogens is 421 g/mol. The van der Waals surface area contributed by atoms with E-state index in [4.69, 9.17) is 0 Å². The molecule has 0 nitrogen and oxygen atoms in total. The summed E-state index contributed by atoms with van der Waals surface area (Å²) in [4.78, 5) is -0.235. The first-order chi connectivity index (χ1) is 7.99. The molecule has 1 aromatic heterocycles. The molecule has 0 bridgehead atoms. The minimum atomic E-state index is -0.517. The molecule has 17 heavy (non-hydrogen) atoms. The number of rotatable bonds is 2. The number of halogens is 4. The molecule has 1 unspecified atom stereocenters. The lowest BCUT2D eigenvalue weighted by molar-refractivity contribution is 0.569. The van der Waals surface area contributed by atoms with Crippen LogP contribution in [0.5, 0.6) is 0 Å². The van der Waals surface area contributed by atoms with Gasteiger partial charge in [0.1, 0.15) is 11.6 Å². The summed E-state index contributed by atoms with van der Waals surface area (Å²) in [5.41, 5.74) is 1.91. The van der Waals surface area contributed by atoms with Crippen LogP contribution < -0.4 is 0 Å². The van der Waals surface area contributed by atoms with E-state index < -0.39 is 11.6 Å². The van der Waals surface area contributed by atoms with Gasteiger partial charge in [-0.25, -0.2) is 8.78 Å². The molecule has 0 saturated heterocycles. The molecule has 5 heteroatoms. The molecule has 0 amide bonds. The Labute approximate surface area is 124 Å². The van der Waals surface area contributed by atoms with Crippen LogP contribution in [0.15, 0.2) is 23.6 Å². The Hall–Kier alpha value is -0.0100. The average Bonchev–Trinajstić information content (AvgIpc) is 2.69. The van der Waals surface area contributed by atoms with Crippen LogP contribution in [-0.2, 0) is 0 Å². The summed E-state index contributed by atoms with van der Waals surface area (Å²) in [5, 5.41) is 1.97. The Bertz CT molecular complexity index is 553. The van der Waals surface area contributed by atoms with Gasteiger partial charge in [0, 0.05) is 11.6 Å². The van der Waals surface area contributed by atoms with Gasteiger partial charge >= 0.3 is 0 Å². The van der Waals surface area contributed by atoms with Gasteiger partial charge in [-0.15, -0.1) is 11.3 Å². The highest BCUT2D eigenvalue weighted by Crippen LogP contribution is 2.36. The van der Waals surface area contributed by atoms with Crippen LogP contribution in [0, 0.1) is 21.4 Å². The first kappa shape index (κ1) is 13.4. The van der Waals surface area contributed by atoms with Crippen molar-refractivity contribution in [3.05, 3.63) is 54.8 Å². The van der Waals surface area contributed by atoms with Crippen molar-refractivity contribution in [2.75, 3.05) is 0 Å². The first-order valence-corrected chi connectivity index (χ1v) is 7.70. The van der Waals surface area contributed by atoms with Crippen molar-refractivity contribution in [2.45, 2.75) is 11.8 Å². The number of benzene rings is 1. The van der Waals surface area contributed by atoms with Crippen molar-refractivity contribution >= 4 is 49.9 Å². The maximum absolute atomic E-state index is 13.7. The molecule has 90 valence electrons. The summed E-state index contributed by atoms with van der Waals surface area (Å²) in [7, 11) is 0. The highest BCUT2D eigenvalue weighted by molar-refractivity contribution is 14.1. The largest absolute Gasteiger partial charge is 0.207 e. The van der Waals surface area contributed by atoms with E-state index in [1.807, 2.05) is 11.4 Å². The van der Waals surface area contributed by atoms with E-state index in [2.05, 4.69) is 38.5 Å². The van der Waals surface area contributed by atoms with Crippen LogP contribution in [0.25, 0.3) is 0 Å². The zero-order valence-electron chi connectivity index (χ0n) is 8.81. The molecule has 1 aromatic carbocycles. The number of hydrogen-bond acceptors (Lipinski definition) is 1. The van der Waals surface area contributed by atoms with Crippen molar-refractivity contribution in [2.24, 2.45) is 0 Å². The first-order valence-electron chi connectivity index (χ1n) is 4.82. The van der Waals surface area contributed by atoms with Crippen molar-refractivity contribution in [3.8, 4) is 0 Å². The van der Waals surface area contributed by atoms with Crippen LogP contribution in [0.4, 0.5) is 8.78 Å². The summed E-state index contributed by atoms with van der Waals surface area (Å²) >= 11 is 7.28. The van der Waals surface area contributed by atoms with Gasteiger partial charge in [-0.3, -0.25) is 0 Å². The summed E-state index contributed by atoms with van der Waals surface area (Å²) in [5.74, 6) is -1.03. The van der Waals surface area contributed by atoms with Crippen molar-refractivity contribution in [3.63, 3.8) is 0 Å². The third-order valence-corrected chi connectivity index (χ3v) is 5.26. The Kier molecular flexibility index (Phi) is 4.20. The van der Waals surface area contributed by atoms with Crippen molar-refractivity contribution in [1.82, 2.24) is 0 Å². The molecule has 0 N–H and O–H groups in total. The average molecular weight is 429 g/mol. The third-order valence-electron chi connectivity index (χ3n) is 2.43. The molecular formula is C12H8BrF2IS. The predicted octanol–water partition coefficient (Wildman–Crippen LogP) is 5.42. The molecule has 2 aromatic rings. The molecule has 0 aliphatic carbocycles. The number of aryl methyl sites for hydroxylation is 1. The highest BCUT2D eigenvalue weighted by atomic mass is 127. The second kappa shape index (κ2) is 5.32. The second-order valence-electron chi connectivity index (χ2n) is 3.67. The van der Waals surface area contributed by atoms with Gasteiger partial charge in [-0.1, -0.05) is 15.9 Å². The fourth-order valence-corrected chi connectivity index (χ4v) is 3.70. The number of thiophene rings is 1. The monoisotopic (exact) mass is 428 g/mol. The van der Waals surface area contributed by atoms with Gasteiger partial charge in [0.15, 0.2) is 0 Å². The van der Waals surface area contributed by atoms with Crippen LogP contribution >= 0.6 is 49.9 Å². The quantitative estimate of drug-likeness (QED) is 0.442. The van der Waals surface area contributed by atoms with E-state index in [0.717, 1.165) is 14.5 Å². The molecule has 0 spiro atoms. The third kappa shape index (κ3) is 2.88.